The Morgan fingerprint density at radius 2 is 1.74 bits per heavy atom. The van der Waals surface area contributed by atoms with Gasteiger partial charge >= 0.3 is 0 Å². The van der Waals surface area contributed by atoms with Gasteiger partial charge in [-0.2, -0.15) is 0 Å². The minimum absolute atomic E-state index is 0. The van der Waals surface area contributed by atoms with E-state index >= 15 is 0 Å². The van der Waals surface area contributed by atoms with E-state index in [-0.39, 0.29) is 18.3 Å². The third kappa shape index (κ3) is 7.85. The average Bonchev–Trinajstić information content (AvgIpc) is 2.38. The summed E-state index contributed by atoms with van der Waals surface area (Å²) in [7, 11) is 1.88. The minimum atomic E-state index is 0. The molecule has 1 aromatic carbocycles. The summed E-state index contributed by atoms with van der Waals surface area (Å²) in [6, 6.07) is 8.38. The van der Waals surface area contributed by atoms with E-state index in [1.54, 1.807) is 0 Å². The maximum Gasteiger partial charge on any atom is 0.224 e. The first-order valence-corrected chi connectivity index (χ1v) is 6.75. The first-order chi connectivity index (χ1) is 8.76. The SMILES string of the molecule is CCCCc1ccc(CC(=O)NCCNC)cc1.Cl. The van der Waals surface area contributed by atoms with Crippen LogP contribution < -0.4 is 10.6 Å². The van der Waals surface area contributed by atoms with Crippen LogP contribution in [-0.2, 0) is 17.6 Å². The molecule has 1 amide bonds. The Bertz CT molecular complexity index is 352. The highest BCUT2D eigenvalue weighted by molar-refractivity contribution is 5.85. The van der Waals surface area contributed by atoms with E-state index in [4.69, 9.17) is 0 Å². The molecule has 4 heteroatoms. The van der Waals surface area contributed by atoms with Crippen LogP contribution in [0.1, 0.15) is 30.9 Å². The van der Waals surface area contributed by atoms with Crippen molar-refractivity contribution in [3.63, 3.8) is 0 Å². The fourth-order valence-electron chi connectivity index (χ4n) is 1.78. The molecule has 19 heavy (non-hydrogen) atoms. The monoisotopic (exact) mass is 284 g/mol. The number of carbonyl (C=O) groups is 1. The van der Waals surface area contributed by atoms with Gasteiger partial charge in [-0.05, 0) is 31.0 Å². The molecule has 0 bridgehead atoms. The lowest BCUT2D eigenvalue weighted by molar-refractivity contribution is -0.120. The van der Waals surface area contributed by atoms with Crippen LogP contribution in [0.3, 0.4) is 0 Å². The van der Waals surface area contributed by atoms with Crippen molar-refractivity contribution in [3.05, 3.63) is 35.4 Å². The summed E-state index contributed by atoms with van der Waals surface area (Å²) in [5.74, 6) is 0.0894. The summed E-state index contributed by atoms with van der Waals surface area (Å²) in [4.78, 5) is 11.6. The summed E-state index contributed by atoms with van der Waals surface area (Å²) < 4.78 is 0. The number of unbranched alkanes of at least 4 members (excludes halogenated alkanes) is 1. The summed E-state index contributed by atoms with van der Waals surface area (Å²) in [6.07, 6.45) is 4.04. The Morgan fingerprint density at radius 3 is 2.32 bits per heavy atom. The van der Waals surface area contributed by atoms with Crippen molar-refractivity contribution >= 4 is 18.3 Å². The molecule has 1 aromatic rings. The largest absolute Gasteiger partial charge is 0.355 e. The molecule has 0 spiro atoms. The van der Waals surface area contributed by atoms with Gasteiger partial charge in [0.25, 0.3) is 0 Å². The zero-order chi connectivity index (χ0) is 13.2. The molecular weight excluding hydrogens is 260 g/mol. The third-order valence-corrected chi connectivity index (χ3v) is 2.90. The van der Waals surface area contributed by atoms with E-state index in [1.165, 1.54) is 18.4 Å². The molecule has 0 fully saturated rings. The maximum absolute atomic E-state index is 11.6. The minimum Gasteiger partial charge on any atom is -0.355 e. The highest BCUT2D eigenvalue weighted by Gasteiger charge is 2.02. The van der Waals surface area contributed by atoms with Gasteiger partial charge in [-0.15, -0.1) is 12.4 Å². The van der Waals surface area contributed by atoms with Gasteiger partial charge in [0.05, 0.1) is 6.42 Å². The molecule has 0 aliphatic carbocycles. The predicted molar refractivity (Wildman–Crippen MR) is 82.9 cm³/mol. The molecule has 108 valence electrons. The summed E-state index contributed by atoms with van der Waals surface area (Å²) >= 11 is 0. The predicted octanol–water partition coefficient (Wildman–Crippen LogP) is 2.33. The quantitative estimate of drug-likeness (QED) is 0.720. The second kappa shape index (κ2) is 10.8. The molecule has 0 aliphatic rings. The fraction of sp³-hybridized carbons (Fsp3) is 0.533. The number of hydrogen-bond donors (Lipinski definition) is 2. The zero-order valence-corrected chi connectivity index (χ0v) is 12.7. The average molecular weight is 285 g/mol. The van der Waals surface area contributed by atoms with Crippen molar-refractivity contribution in [3.8, 4) is 0 Å². The van der Waals surface area contributed by atoms with Crippen molar-refractivity contribution in [1.29, 1.82) is 0 Å². The molecule has 3 nitrogen and oxygen atoms in total. The summed E-state index contributed by atoms with van der Waals surface area (Å²) in [6.45, 7) is 3.69. The number of likely N-dealkylation sites (N-methyl/N-ethyl adjacent to an activating group) is 1. The number of aryl methyl sites for hydroxylation is 1. The first-order valence-electron chi connectivity index (χ1n) is 6.75. The molecule has 0 unspecified atom stereocenters. The normalized spacial score (nSPS) is 9.79. The molecule has 0 aliphatic heterocycles. The van der Waals surface area contributed by atoms with Gasteiger partial charge in [-0.1, -0.05) is 37.6 Å². The number of amides is 1. The van der Waals surface area contributed by atoms with Gasteiger partial charge in [0.1, 0.15) is 0 Å². The van der Waals surface area contributed by atoms with Crippen molar-refractivity contribution in [2.24, 2.45) is 0 Å². The third-order valence-electron chi connectivity index (χ3n) is 2.90. The molecule has 2 N–H and O–H groups in total. The van der Waals surface area contributed by atoms with E-state index in [1.807, 2.05) is 7.05 Å². The topological polar surface area (TPSA) is 41.1 Å². The molecule has 0 heterocycles. The highest BCUT2D eigenvalue weighted by atomic mass is 35.5. The van der Waals surface area contributed by atoms with Crippen LogP contribution in [0.25, 0.3) is 0 Å². The van der Waals surface area contributed by atoms with Crippen LogP contribution in [0.2, 0.25) is 0 Å². The Hall–Kier alpha value is -1.06. The zero-order valence-electron chi connectivity index (χ0n) is 11.9. The van der Waals surface area contributed by atoms with Crippen molar-refractivity contribution in [2.45, 2.75) is 32.6 Å². The number of nitrogens with one attached hydrogen (secondary N) is 2. The van der Waals surface area contributed by atoms with Gasteiger partial charge in [-0.3, -0.25) is 4.79 Å². The number of rotatable bonds is 8. The lowest BCUT2D eigenvalue weighted by Crippen LogP contribution is -2.31. The molecular formula is C15H25ClN2O. The number of benzene rings is 1. The summed E-state index contributed by atoms with van der Waals surface area (Å²) in [5.41, 5.74) is 2.44. The Balaban J connectivity index is 0.00000324. The van der Waals surface area contributed by atoms with Gasteiger partial charge in [-0.25, -0.2) is 0 Å². The second-order valence-corrected chi connectivity index (χ2v) is 4.55. The Labute approximate surface area is 122 Å². The first kappa shape index (κ1) is 17.9. The van der Waals surface area contributed by atoms with Crippen LogP contribution >= 0.6 is 12.4 Å². The maximum atomic E-state index is 11.6. The van der Waals surface area contributed by atoms with E-state index in [9.17, 15) is 4.79 Å². The van der Waals surface area contributed by atoms with Crippen LogP contribution in [0, 0.1) is 0 Å². The molecule has 1 rings (SSSR count). The highest BCUT2D eigenvalue weighted by Crippen LogP contribution is 2.08. The van der Waals surface area contributed by atoms with Crippen molar-refractivity contribution in [1.82, 2.24) is 10.6 Å². The fourth-order valence-corrected chi connectivity index (χ4v) is 1.78. The van der Waals surface area contributed by atoms with E-state index in [2.05, 4.69) is 41.8 Å². The summed E-state index contributed by atoms with van der Waals surface area (Å²) in [5, 5.41) is 5.88. The van der Waals surface area contributed by atoms with Crippen LogP contribution in [0.5, 0.6) is 0 Å². The van der Waals surface area contributed by atoms with Crippen LogP contribution in [0.4, 0.5) is 0 Å². The Kier molecular flexibility index (Phi) is 10.2. The van der Waals surface area contributed by atoms with Gasteiger partial charge < -0.3 is 10.6 Å². The number of hydrogen-bond acceptors (Lipinski definition) is 2. The molecule has 0 radical (unpaired) electrons. The van der Waals surface area contributed by atoms with Crippen molar-refractivity contribution < 1.29 is 4.79 Å². The van der Waals surface area contributed by atoms with Crippen LogP contribution in [0.15, 0.2) is 24.3 Å². The van der Waals surface area contributed by atoms with E-state index in [0.717, 1.165) is 18.5 Å². The second-order valence-electron chi connectivity index (χ2n) is 4.55. The molecule has 0 atom stereocenters. The lowest BCUT2D eigenvalue weighted by atomic mass is 10.0. The van der Waals surface area contributed by atoms with Crippen molar-refractivity contribution in [2.75, 3.05) is 20.1 Å². The van der Waals surface area contributed by atoms with Gasteiger partial charge in [0.15, 0.2) is 0 Å². The number of carbonyl (C=O) groups excluding carboxylic acids is 1. The smallest absolute Gasteiger partial charge is 0.224 e. The Morgan fingerprint density at radius 1 is 1.11 bits per heavy atom. The molecule has 0 saturated carbocycles. The molecule has 0 aromatic heterocycles. The molecule has 0 saturated heterocycles. The lowest BCUT2D eigenvalue weighted by Gasteiger charge is -2.06. The van der Waals surface area contributed by atoms with E-state index in [0.29, 0.717) is 13.0 Å². The van der Waals surface area contributed by atoms with E-state index < -0.39 is 0 Å². The van der Waals surface area contributed by atoms with Crippen LogP contribution in [-0.4, -0.2) is 26.0 Å². The number of halogens is 1. The van der Waals surface area contributed by atoms with Gasteiger partial charge in [0.2, 0.25) is 5.91 Å². The van der Waals surface area contributed by atoms with Gasteiger partial charge in [0, 0.05) is 13.1 Å². The standard InChI is InChI=1S/C15H24N2O.ClH/c1-3-4-5-13-6-8-14(9-7-13)12-15(18)17-11-10-16-2;/h6-9,16H,3-5,10-12H2,1-2H3,(H,17,18);1H.